The molecule has 1 aliphatic heterocycles. The number of piperidine rings is 1. The molecule has 2 aromatic heterocycles. The van der Waals surface area contributed by atoms with Gasteiger partial charge in [0.25, 0.3) is 5.91 Å². The van der Waals surface area contributed by atoms with Gasteiger partial charge in [0.05, 0.1) is 5.56 Å². The average molecular weight is 558 g/mol. The first-order valence-corrected chi connectivity index (χ1v) is 12.0. The number of nitrogens with zero attached hydrogens (tertiary/aromatic N) is 4. The summed E-state index contributed by atoms with van der Waals surface area (Å²) in [4.78, 5) is 25.0. The zero-order chi connectivity index (χ0) is 25.9. The molecule has 0 saturated carbocycles. The van der Waals surface area contributed by atoms with E-state index in [4.69, 9.17) is 22.1 Å². The second-order valence-corrected chi connectivity index (χ2v) is 9.04. The number of benzene rings is 1. The number of halogens is 4. The Morgan fingerprint density at radius 1 is 1.24 bits per heavy atom. The molecule has 1 amide bonds. The molecule has 0 unspecified atom stereocenters. The maximum Gasteiger partial charge on any atom is 0.277 e. The minimum atomic E-state index is -0.600. The SMILES string of the molecule is Cn1cc(CCCCC2CCN(c3ncc(C(=O)NO)cn3)CC2)c2cc(Cl)ccc21.F.F.OOC#CF. The Morgan fingerprint density at radius 2 is 1.92 bits per heavy atom. The number of unbranched alkanes of at least 4 members (excludes halogenated alkanes) is 1. The van der Waals surface area contributed by atoms with Gasteiger partial charge < -0.3 is 9.47 Å². The molecule has 1 aliphatic rings. The molecule has 1 saturated heterocycles. The standard InChI is InChI=1S/C23H28ClN5O2.C2HFO2.2FH/c1-28-15-17(20-12-19(24)6-7-21(20)28)5-3-2-4-16-8-10-29(11-9-16)23-25-13-18(14-26-23)22(30)27-31;3-1-2-5-4;;/h6-7,12-16,31H,2-5,8-11H2,1H3,(H,27,30);4H;2*1H. The van der Waals surface area contributed by atoms with Crippen molar-refractivity contribution in [3.8, 4) is 12.3 Å². The molecule has 9 nitrogen and oxygen atoms in total. The van der Waals surface area contributed by atoms with E-state index in [2.05, 4.69) is 49.7 Å². The van der Waals surface area contributed by atoms with Crippen LogP contribution in [0.2, 0.25) is 5.02 Å². The Labute approximate surface area is 223 Å². The van der Waals surface area contributed by atoms with Crippen LogP contribution in [0.4, 0.5) is 19.7 Å². The fourth-order valence-corrected chi connectivity index (χ4v) is 4.67. The monoisotopic (exact) mass is 557 g/mol. The third-order valence-electron chi connectivity index (χ3n) is 6.33. The molecule has 208 valence electrons. The van der Waals surface area contributed by atoms with E-state index < -0.39 is 5.91 Å². The highest BCUT2D eigenvalue weighted by molar-refractivity contribution is 6.31. The van der Waals surface area contributed by atoms with Crippen LogP contribution in [0.3, 0.4) is 0 Å². The normalized spacial score (nSPS) is 12.7. The lowest BCUT2D eigenvalue weighted by molar-refractivity contribution is -0.172. The first-order valence-electron chi connectivity index (χ1n) is 11.6. The van der Waals surface area contributed by atoms with Crippen molar-refractivity contribution in [1.82, 2.24) is 20.0 Å². The van der Waals surface area contributed by atoms with Crippen molar-refractivity contribution < 1.29 is 33.9 Å². The summed E-state index contributed by atoms with van der Waals surface area (Å²) in [6.45, 7) is 1.86. The maximum absolute atomic E-state index is 11.4. The van der Waals surface area contributed by atoms with E-state index >= 15 is 0 Å². The summed E-state index contributed by atoms with van der Waals surface area (Å²) >= 11 is 6.20. The van der Waals surface area contributed by atoms with Gasteiger partial charge in [-0.1, -0.05) is 24.4 Å². The van der Waals surface area contributed by atoms with Gasteiger partial charge in [0, 0.05) is 54.7 Å². The molecule has 0 spiro atoms. The second-order valence-electron chi connectivity index (χ2n) is 8.60. The third kappa shape index (κ3) is 8.79. The molecule has 4 rings (SSSR count). The summed E-state index contributed by atoms with van der Waals surface area (Å²) in [5, 5.41) is 17.9. The molecule has 3 N–H and O–H groups in total. The summed E-state index contributed by atoms with van der Waals surface area (Å²) in [7, 11) is 2.09. The highest BCUT2D eigenvalue weighted by Gasteiger charge is 2.21. The Morgan fingerprint density at radius 3 is 2.50 bits per heavy atom. The number of amides is 1. The average Bonchev–Trinajstić information content (AvgIpc) is 3.21. The summed E-state index contributed by atoms with van der Waals surface area (Å²) in [6.07, 6.45) is 14.2. The molecule has 38 heavy (non-hydrogen) atoms. The summed E-state index contributed by atoms with van der Waals surface area (Å²) in [5.41, 5.74) is 4.45. The largest absolute Gasteiger partial charge is 0.350 e. The molecule has 0 atom stereocenters. The fraction of sp³-hybridized carbons (Fsp3) is 0.400. The van der Waals surface area contributed by atoms with Gasteiger partial charge in [-0.2, -0.15) is 5.26 Å². The molecule has 1 fully saturated rings. The minimum Gasteiger partial charge on any atom is -0.350 e. The molecule has 1 aromatic carbocycles. The Bertz CT molecular complexity index is 1210. The highest BCUT2D eigenvalue weighted by Crippen LogP contribution is 2.28. The quantitative estimate of drug-likeness (QED) is 0.123. The molecule has 3 heterocycles. The van der Waals surface area contributed by atoms with Crippen molar-refractivity contribution in [2.24, 2.45) is 13.0 Å². The first kappa shape index (κ1) is 32.5. The first-order chi connectivity index (χ1) is 17.5. The van der Waals surface area contributed by atoms with E-state index in [1.165, 1.54) is 54.2 Å². The number of hydrogen-bond donors (Lipinski definition) is 3. The van der Waals surface area contributed by atoms with Gasteiger partial charge in [0.2, 0.25) is 5.95 Å². The van der Waals surface area contributed by atoms with Crippen LogP contribution in [0.25, 0.3) is 10.9 Å². The lowest BCUT2D eigenvalue weighted by Crippen LogP contribution is -2.35. The molecule has 3 aromatic rings. The number of rotatable bonds is 7. The van der Waals surface area contributed by atoms with Crippen molar-refractivity contribution >= 4 is 34.4 Å². The van der Waals surface area contributed by atoms with Gasteiger partial charge in [-0.15, -0.1) is 4.39 Å². The predicted octanol–water partition coefficient (Wildman–Crippen LogP) is 5.04. The van der Waals surface area contributed by atoms with E-state index in [1.54, 1.807) is 5.48 Å². The van der Waals surface area contributed by atoms with Gasteiger partial charge in [-0.25, -0.2) is 15.4 Å². The molecular formula is C25H31ClF3N5O4. The number of hydrogen-bond acceptors (Lipinski definition) is 7. The van der Waals surface area contributed by atoms with Crippen LogP contribution < -0.4 is 10.4 Å². The van der Waals surface area contributed by atoms with Crippen molar-refractivity contribution in [2.45, 2.75) is 38.5 Å². The predicted molar refractivity (Wildman–Crippen MR) is 139 cm³/mol. The topological polar surface area (TPSA) is 113 Å². The van der Waals surface area contributed by atoms with Crippen molar-refractivity contribution in [2.75, 3.05) is 18.0 Å². The van der Waals surface area contributed by atoms with E-state index in [9.17, 15) is 9.18 Å². The number of anilines is 1. The van der Waals surface area contributed by atoms with Crippen molar-refractivity contribution in [3.63, 3.8) is 0 Å². The minimum absolute atomic E-state index is 0. The highest BCUT2D eigenvalue weighted by atomic mass is 35.5. The molecule has 0 radical (unpaired) electrons. The number of aromatic nitrogens is 3. The van der Waals surface area contributed by atoms with Crippen molar-refractivity contribution in [3.05, 3.63) is 52.9 Å². The van der Waals surface area contributed by atoms with Crippen LogP contribution in [0.15, 0.2) is 36.8 Å². The van der Waals surface area contributed by atoms with E-state index in [0.717, 1.165) is 49.5 Å². The number of hydroxylamine groups is 1. The van der Waals surface area contributed by atoms with Crippen LogP contribution in [0, 0.1) is 18.2 Å². The van der Waals surface area contributed by atoms with Gasteiger partial charge in [-0.3, -0.25) is 24.3 Å². The van der Waals surface area contributed by atoms with Crippen LogP contribution in [0.5, 0.6) is 0 Å². The maximum atomic E-state index is 11.4. The van der Waals surface area contributed by atoms with Crippen molar-refractivity contribution in [1.29, 1.82) is 0 Å². The smallest absolute Gasteiger partial charge is 0.277 e. The zero-order valence-electron chi connectivity index (χ0n) is 20.8. The number of carbonyl (C=O) groups excluding carboxylic acids is 1. The second kappa shape index (κ2) is 16.3. The summed E-state index contributed by atoms with van der Waals surface area (Å²) < 4.78 is 12.5. The van der Waals surface area contributed by atoms with Crippen LogP contribution in [0.1, 0.15) is 48.0 Å². The van der Waals surface area contributed by atoms with Gasteiger partial charge in [0.15, 0.2) is 12.3 Å². The molecular weight excluding hydrogens is 527 g/mol. The fourth-order valence-electron chi connectivity index (χ4n) is 4.50. The number of nitrogens with one attached hydrogen (secondary N) is 1. The zero-order valence-corrected chi connectivity index (χ0v) is 21.5. The van der Waals surface area contributed by atoms with Crippen LogP contribution >= 0.6 is 11.6 Å². The Hall–Kier alpha value is -3.53. The third-order valence-corrected chi connectivity index (χ3v) is 6.56. The Balaban J connectivity index is 0.000000946. The van der Waals surface area contributed by atoms with Crippen LogP contribution in [-0.2, 0) is 18.4 Å². The molecule has 0 bridgehead atoms. The van der Waals surface area contributed by atoms with E-state index in [-0.39, 0.29) is 15.0 Å². The van der Waals surface area contributed by atoms with Gasteiger partial charge in [-0.05, 0) is 55.4 Å². The molecule has 0 aliphatic carbocycles. The number of aryl methyl sites for hydroxylation is 2. The number of carbonyl (C=O) groups is 1. The lowest BCUT2D eigenvalue weighted by Gasteiger charge is -2.32. The lowest BCUT2D eigenvalue weighted by atomic mass is 9.91. The Kier molecular flexibility index (Phi) is 14.0. The van der Waals surface area contributed by atoms with Gasteiger partial charge in [0.1, 0.15) is 0 Å². The van der Waals surface area contributed by atoms with E-state index in [0.29, 0.717) is 5.95 Å². The molecule has 13 heteroatoms. The van der Waals surface area contributed by atoms with Gasteiger partial charge >= 0.3 is 0 Å². The summed E-state index contributed by atoms with van der Waals surface area (Å²) in [6, 6.07) is 6.12. The van der Waals surface area contributed by atoms with E-state index in [1.807, 2.05) is 6.07 Å². The number of fused-ring (bicyclic) bond motifs is 1. The summed E-state index contributed by atoms with van der Waals surface area (Å²) in [5.74, 6) is 0.775. The van der Waals surface area contributed by atoms with Crippen LogP contribution in [-0.4, -0.2) is 44.0 Å².